The molecule has 7 heteroatoms. The first-order valence-corrected chi connectivity index (χ1v) is 6.65. The van der Waals surface area contributed by atoms with E-state index in [0.29, 0.717) is 22.6 Å². The van der Waals surface area contributed by atoms with Gasteiger partial charge in [-0.05, 0) is 13.0 Å². The maximum absolute atomic E-state index is 14.4. The van der Waals surface area contributed by atoms with Crippen molar-refractivity contribution in [1.29, 1.82) is 0 Å². The summed E-state index contributed by atoms with van der Waals surface area (Å²) in [5, 5.41) is 11.2. The molecular formula is C14H13ClFN5. The van der Waals surface area contributed by atoms with E-state index in [-0.39, 0.29) is 5.02 Å². The first-order chi connectivity index (χ1) is 10.0. The van der Waals surface area contributed by atoms with Crippen molar-refractivity contribution >= 4 is 17.4 Å². The van der Waals surface area contributed by atoms with Crippen LogP contribution >= 0.6 is 11.6 Å². The number of aromatic amines is 1. The van der Waals surface area contributed by atoms with Crippen LogP contribution in [-0.4, -0.2) is 20.0 Å². The van der Waals surface area contributed by atoms with E-state index in [1.54, 1.807) is 25.4 Å². The van der Waals surface area contributed by atoms with E-state index >= 15 is 0 Å². The highest BCUT2D eigenvalue weighted by Gasteiger charge is 2.22. The highest BCUT2D eigenvalue weighted by molar-refractivity contribution is 6.31. The summed E-state index contributed by atoms with van der Waals surface area (Å²) in [6, 6.07) is 4.81. The van der Waals surface area contributed by atoms with E-state index in [0.717, 1.165) is 11.3 Å². The van der Waals surface area contributed by atoms with E-state index in [1.165, 1.54) is 10.7 Å². The van der Waals surface area contributed by atoms with E-state index in [4.69, 9.17) is 17.3 Å². The van der Waals surface area contributed by atoms with E-state index in [2.05, 4.69) is 15.3 Å². The summed E-state index contributed by atoms with van der Waals surface area (Å²) in [4.78, 5) is 0. The molecule has 0 amide bonds. The van der Waals surface area contributed by atoms with Gasteiger partial charge in [0.25, 0.3) is 0 Å². The molecule has 108 valence electrons. The SMILES string of the molecule is Cc1[nH]ncc1-c1nn(C)c(N)c1-c1cccc(Cl)c1F. The summed E-state index contributed by atoms with van der Waals surface area (Å²) in [6.07, 6.45) is 1.64. The van der Waals surface area contributed by atoms with E-state index in [1.807, 2.05) is 6.92 Å². The fourth-order valence-electron chi connectivity index (χ4n) is 2.28. The van der Waals surface area contributed by atoms with Crippen LogP contribution in [0, 0.1) is 12.7 Å². The van der Waals surface area contributed by atoms with Gasteiger partial charge in [0.1, 0.15) is 17.3 Å². The lowest BCUT2D eigenvalue weighted by Crippen LogP contribution is -1.98. The van der Waals surface area contributed by atoms with Crippen molar-refractivity contribution in [2.24, 2.45) is 7.05 Å². The van der Waals surface area contributed by atoms with Gasteiger partial charge in [-0.3, -0.25) is 9.78 Å². The molecule has 0 aliphatic heterocycles. The number of H-pyrrole nitrogens is 1. The van der Waals surface area contributed by atoms with Crippen molar-refractivity contribution in [1.82, 2.24) is 20.0 Å². The van der Waals surface area contributed by atoms with Gasteiger partial charge in [-0.1, -0.05) is 23.7 Å². The average Bonchev–Trinajstić information content (AvgIpc) is 2.99. The Morgan fingerprint density at radius 3 is 2.76 bits per heavy atom. The number of nitrogens with one attached hydrogen (secondary N) is 1. The largest absolute Gasteiger partial charge is 0.383 e. The maximum atomic E-state index is 14.4. The molecule has 0 radical (unpaired) electrons. The molecule has 0 unspecified atom stereocenters. The molecule has 2 aromatic heterocycles. The van der Waals surface area contributed by atoms with Crippen LogP contribution < -0.4 is 5.73 Å². The van der Waals surface area contributed by atoms with Crippen LogP contribution in [0.1, 0.15) is 5.69 Å². The Morgan fingerprint density at radius 2 is 2.10 bits per heavy atom. The topological polar surface area (TPSA) is 72.5 Å². The number of benzene rings is 1. The van der Waals surface area contributed by atoms with Gasteiger partial charge < -0.3 is 5.73 Å². The van der Waals surface area contributed by atoms with Gasteiger partial charge >= 0.3 is 0 Å². The smallest absolute Gasteiger partial charge is 0.149 e. The van der Waals surface area contributed by atoms with Crippen LogP contribution in [0.5, 0.6) is 0 Å². The summed E-state index contributed by atoms with van der Waals surface area (Å²) in [5.41, 5.74) is 9.09. The molecule has 0 bridgehead atoms. The molecule has 2 heterocycles. The van der Waals surface area contributed by atoms with Gasteiger partial charge in [-0.25, -0.2) is 4.39 Å². The zero-order valence-corrected chi connectivity index (χ0v) is 12.2. The van der Waals surface area contributed by atoms with Crippen LogP contribution in [0.3, 0.4) is 0 Å². The van der Waals surface area contributed by atoms with Crippen molar-refractivity contribution < 1.29 is 4.39 Å². The Hall–Kier alpha value is -2.34. The Balaban J connectivity index is 2.33. The Bertz CT molecular complexity index is 821. The minimum atomic E-state index is -0.513. The Labute approximate surface area is 125 Å². The molecule has 21 heavy (non-hydrogen) atoms. The monoisotopic (exact) mass is 305 g/mol. The van der Waals surface area contributed by atoms with E-state index < -0.39 is 5.82 Å². The number of nitrogens with two attached hydrogens (primary N) is 1. The summed E-state index contributed by atoms with van der Waals surface area (Å²) in [6.45, 7) is 1.87. The molecule has 0 atom stereocenters. The number of aryl methyl sites for hydroxylation is 2. The lowest BCUT2D eigenvalue weighted by atomic mass is 10.0. The highest BCUT2D eigenvalue weighted by atomic mass is 35.5. The Morgan fingerprint density at radius 1 is 1.33 bits per heavy atom. The second kappa shape index (κ2) is 4.89. The molecule has 3 rings (SSSR count). The van der Waals surface area contributed by atoms with Crippen molar-refractivity contribution in [3.8, 4) is 22.4 Å². The number of hydrogen-bond donors (Lipinski definition) is 2. The summed E-state index contributed by atoms with van der Waals surface area (Å²) < 4.78 is 15.9. The second-order valence-electron chi connectivity index (χ2n) is 4.74. The van der Waals surface area contributed by atoms with Crippen molar-refractivity contribution in [2.75, 3.05) is 5.73 Å². The van der Waals surface area contributed by atoms with Gasteiger partial charge in [0.05, 0.1) is 16.8 Å². The fourth-order valence-corrected chi connectivity index (χ4v) is 2.45. The predicted octanol–water partition coefficient (Wildman–Crippen LogP) is 3.16. The molecule has 0 saturated carbocycles. The van der Waals surface area contributed by atoms with Crippen molar-refractivity contribution in [2.45, 2.75) is 6.92 Å². The third-order valence-electron chi connectivity index (χ3n) is 3.40. The third-order valence-corrected chi connectivity index (χ3v) is 3.69. The standard InChI is InChI=1S/C14H13ClFN5/c1-7-9(6-18-19-7)13-11(14(17)21(2)20-13)8-4-3-5-10(15)12(8)16/h3-6H,17H2,1-2H3,(H,18,19). The quantitative estimate of drug-likeness (QED) is 0.764. The normalized spacial score (nSPS) is 11.0. The summed E-state index contributed by atoms with van der Waals surface area (Å²) >= 11 is 5.87. The molecule has 0 saturated heterocycles. The molecule has 0 aliphatic rings. The molecule has 0 spiro atoms. The lowest BCUT2D eigenvalue weighted by molar-refractivity contribution is 0.632. The van der Waals surface area contributed by atoms with Crippen molar-refractivity contribution in [3.05, 3.63) is 40.9 Å². The average molecular weight is 306 g/mol. The lowest BCUT2D eigenvalue weighted by Gasteiger charge is -2.06. The zero-order valence-electron chi connectivity index (χ0n) is 11.5. The van der Waals surface area contributed by atoms with Crippen molar-refractivity contribution in [3.63, 3.8) is 0 Å². The molecule has 0 fully saturated rings. The zero-order chi connectivity index (χ0) is 15.1. The number of nitrogens with zero attached hydrogens (tertiary/aromatic N) is 3. The van der Waals surface area contributed by atoms with Crippen LogP contribution in [0.25, 0.3) is 22.4 Å². The number of halogens is 2. The van der Waals surface area contributed by atoms with Gasteiger partial charge in [-0.15, -0.1) is 0 Å². The number of rotatable bonds is 2. The molecule has 3 aromatic rings. The second-order valence-corrected chi connectivity index (χ2v) is 5.15. The fraction of sp³-hybridized carbons (Fsp3) is 0.143. The minimum Gasteiger partial charge on any atom is -0.383 e. The number of aromatic nitrogens is 4. The molecule has 5 nitrogen and oxygen atoms in total. The predicted molar refractivity (Wildman–Crippen MR) is 80.3 cm³/mol. The summed E-state index contributed by atoms with van der Waals surface area (Å²) in [7, 11) is 1.71. The van der Waals surface area contributed by atoms with Crippen LogP contribution in [-0.2, 0) is 7.05 Å². The van der Waals surface area contributed by atoms with E-state index in [9.17, 15) is 4.39 Å². The molecule has 0 aliphatic carbocycles. The van der Waals surface area contributed by atoms with Gasteiger partial charge in [0.2, 0.25) is 0 Å². The molecule has 1 aromatic carbocycles. The van der Waals surface area contributed by atoms with Gasteiger partial charge in [-0.2, -0.15) is 10.2 Å². The number of anilines is 1. The summed E-state index contributed by atoms with van der Waals surface area (Å²) in [5.74, 6) is -0.145. The van der Waals surface area contributed by atoms with Crippen LogP contribution in [0.4, 0.5) is 10.2 Å². The maximum Gasteiger partial charge on any atom is 0.149 e. The van der Waals surface area contributed by atoms with Gasteiger partial charge in [0.15, 0.2) is 0 Å². The first kappa shape index (κ1) is 13.6. The van der Waals surface area contributed by atoms with Crippen LogP contribution in [0.2, 0.25) is 5.02 Å². The minimum absolute atomic E-state index is 0.0469. The molecule has 3 N–H and O–H groups in total. The number of nitrogen functional groups attached to an aromatic ring is 1. The highest BCUT2D eigenvalue weighted by Crippen LogP contribution is 2.39. The van der Waals surface area contributed by atoms with Gasteiger partial charge in [0, 0.05) is 23.9 Å². The Kier molecular flexibility index (Phi) is 3.17. The van der Waals surface area contributed by atoms with Crippen LogP contribution in [0.15, 0.2) is 24.4 Å². The number of hydrogen-bond acceptors (Lipinski definition) is 3. The molecular weight excluding hydrogens is 293 g/mol. The first-order valence-electron chi connectivity index (χ1n) is 6.28. The third kappa shape index (κ3) is 2.08.